The highest BCUT2D eigenvalue weighted by Gasteiger charge is 2.30. The molecule has 4 aromatic carbocycles. The van der Waals surface area contributed by atoms with Gasteiger partial charge in [-0.05, 0) is 60.7 Å². The number of hydrogen-bond acceptors (Lipinski definition) is 5. The summed E-state index contributed by atoms with van der Waals surface area (Å²) in [6.45, 7) is 2.08. The van der Waals surface area contributed by atoms with Crippen LogP contribution >= 0.6 is 23.4 Å². The molecule has 0 radical (unpaired) electrons. The van der Waals surface area contributed by atoms with Gasteiger partial charge in [0.1, 0.15) is 0 Å². The molecule has 0 amide bonds. The van der Waals surface area contributed by atoms with Crippen molar-refractivity contribution in [2.24, 2.45) is 0 Å². The lowest BCUT2D eigenvalue weighted by atomic mass is 9.93. The van der Waals surface area contributed by atoms with Gasteiger partial charge in [0.15, 0.2) is 17.3 Å². The van der Waals surface area contributed by atoms with Gasteiger partial charge in [-0.25, -0.2) is 0 Å². The van der Waals surface area contributed by atoms with Gasteiger partial charge in [-0.3, -0.25) is 4.79 Å². The van der Waals surface area contributed by atoms with Crippen LogP contribution in [0.5, 0.6) is 17.2 Å². The fourth-order valence-electron chi connectivity index (χ4n) is 5.20. The molecule has 0 saturated heterocycles. The van der Waals surface area contributed by atoms with E-state index in [1.54, 1.807) is 45.2 Å². The zero-order valence-corrected chi connectivity index (χ0v) is 25.8. The number of aromatic nitrogens is 1. The molecule has 0 aliphatic rings. The monoisotopic (exact) mass is 597 g/mol. The van der Waals surface area contributed by atoms with Crippen molar-refractivity contribution in [2.45, 2.75) is 18.4 Å². The standard InChI is InChI=1S/C35H32ClNO4S/c1-22-11-13-23(14-12-22)19-28-31(24-15-17-26(36)18-16-24)32(35(42-5)37(28)27-9-7-6-8-10-27)33(38)25-20-29(39-2)34(41-4)30(21-25)40-3/h6-18,20-21H,19H2,1-5H3. The largest absolute Gasteiger partial charge is 0.493 e. The minimum absolute atomic E-state index is 0.150. The number of rotatable bonds is 10. The van der Waals surface area contributed by atoms with E-state index in [9.17, 15) is 4.79 Å². The van der Waals surface area contributed by atoms with Crippen LogP contribution in [0.2, 0.25) is 5.02 Å². The van der Waals surface area contributed by atoms with Crippen LogP contribution < -0.4 is 14.2 Å². The zero-order chi connectivity index (χ0) is 29.8. The first-order valence-corrected chi connectivity index (χ1v) is 15.0. The van der Waals surface area contributed by atoms with Gasteiger partial charge >= 0.3 is 0 Å². The molecule has 5 rings (SSSR count). The molecule has 0 saturated carbocycles. The number of carbonyl (C=O) groups is 1. The summed E-state index contributed by atoms with van der Waals surface area (Å²) in [6, 6.07) is 29.7. The second kappa shape index (κ2) is 12.8. The Bertz CT molecular complexity index is 1690. The molecular formula is C35H32ClNO4S. The molecule has 0 bridgehead atoms. The Kier molecular flexibility index (Phi) is 8.95. The maximum absolute atomic E-state index is 14.7. The minimum atomic E-state index is -0.150. The second-order valence-corrected chi connectivity index (χ2v) is 11.0. The predicted octanol–water partition coefficient (Wildman–Crippen LogP) is 8.68. The SMILES string of the molecule is COc1cc(C(=O)c2c(-c3ccc(Cl)cc3)c(Cc3ccc(C)cc3)n(-c3ccccc3)c2SC)cc(OC)c1OC. The Hall–Kier alpha value is -4.13. The van der Waals surface area contributed by atoms with Crippen LogP contribution in [0.25, 0.3) is 16.8 Å². The van der Waals surface area contributed by atoms with E-state index in [4.69, 9.17) is 25.8 Å². The number of benzene rings is 4. The number of methoxy groups -OCH3 is 3. The normalized spacial score (nSPS) is 10.9. The van der Waals surface area contributed by atoms with E-state index < -0.39 is 0 Å². The molecule has 0 fully saturated rings. The molecule has 0 aliphatic carbocycles. The van der Waals surface area contributed by atoms with Crippen molar-refractivity contribution in [1.82, 2.24) is 4.57 Å². The summed E-state index contributed by atoms with van der Waals surface area (Å²) in [7, 11) is 4.64. The highest BCUT2D eigenvalue weighted by molar-refractivity contribution is 7.98. The van der Waals surface area contributed by atoms with Crippen LogP contribution in [0.15, 0.2) is 96.0 Å². The average molecular weight is 598 g/mol. The molecule has 1 heterocycles. The van der Waals surface area contributed by atoms with Crippen molar-refractivity contribution in [3.63, 3.8) is 0 Å². The summed E-state index contributed by atoms with van der Waals surface area (Å²) in [6.07, 6.45) is 2.62. The number of ether oxygens (including phenoxy) is 3. The first-order chi connectivity index (χ1) is 20.4. The van der Waals surface area contributed by atoms with E-state index in [0.29, 0.717) is 39.8 Å². The van der Waals surface area contributed by atoms with Gasteiger partial charge < -0.3 is 18.8 Å². The van der Waals surface area contributed by atoms with Crippen molar-refractivity contribution in [1.29, 1.82) is 0 Å². The molecule has 0 spiro atoms. The summed E-state index contributed by atoms with van der Waals surface area (Å²) in [4.78, 5) is 14.7. The number of thioether (sulfide) groups is 1. The van der Waals surface area contributed by atoms with E-state index in [1.165, 1.54) is 5.56 Å². The first kappa shape index (κ1) is 29.4. The fraction of sp³-hybridized carbons (Fsp3) is 0.171. The summed E-state index contributed by atoms with van der Waals surface area (Å²) in [5.41, 5.74) is 7.12. The number of nitrogens with zero attached hydrogens (tertiary/aromatic N) is 1. The van der Waals surface area contributed by atoms with Crippen molar-refractivity contribution in [2.75, 3.05) is 27.6 Å². The van der Waals surface area contributed by atoms with E-state index in [2.05, 4.69) is 47.9 Å². The van der Waals surface area contributed by atoms with Crippen LogP contribution in [0.1, 0.15) is 32.7 Å². The molecule has 0 aliphatic heterocycles. The molecule has 5 nitrogen and oxygen atoms in total. The molecule has 0 atom stereocenters. The van der Waals surface area contributed by atoms with E-state index >= 15 is 0 Å². The highest BCUT2D eigenvalue weighted by Crippen LogP contribution is 2.44. The second-order valence-electron chi connectivity index (χ2n) is 9.79. The number of para-hydroxylation sites is 1. The van der Waals surface area contributed by atoms with Crippen LogP contribution in [0, 0.1) is 6.92 Å². The summed E-state index contributed by atoms with van der Waals surface area (Å²) < 4.78 is 18.9. The number of halogens is 1. The van der Waals surface area contributed by atoms with Gasteiger partial charge in [-0.15, -0.1) is 11.8 Å². The van der Waals surface area contributed by atoms with E-state index in [0.717, 1.165) is 33.1 Å². The van der Waals surface area contributed by atoms with Gasteiger partial charge in [0.25, 0.3) is 0 Å². The van der Waals surface area contributed by atoms with Gasteiger partial charge in [0.2, 0.25) is 5.75 Å². The lowest BCUT2D eigenvalue weighted by Gasteiger charge is -2.14. The first-order valence-electron chi connectivity index (χ1n) is 13.4. The molecule has 0 N–H and O–H groups in total. The van der Waals surface area contributed by atoms with Gasteiger partial charge in [-0.1, -0.05) is 71.8 Å². The average Bonchev–Trinajstić information content (AvgIpc) is 3.35. The highest BCUT2D eigenvalue weighted by atomic mass is 35.5. The molecule has 7 heteroatoms. The Labute approximate surface area is 256 Å². The van der Waals surface area contributed by atoms with Gasteiger partial charge in [0, 0.05) is 34.0 Å². The summed E-state index contributed by atoms with van der Waals surface area (Å²) in [5, 5.41) is 1.47. The van der Waals surface area contributed by atoms with Crippen LogP contribution in [-0.4, -0.2) is 37.9 Å². The predicted molar refractivity (Wildman–Crippen MR) is 172 cm³/mol. The smallest absolute Gasteiger partial charge is 0.203 e. The molecule has 0 unspecified atom stereocenters. The summed E-state index contributed by atoms with van der Waals surface area (Å²) in [5.74, 6) is 1.12. The van der Waals surface area contributed by atoms with Crippen molar-refractivity contribution in [3.8, 4) is 34.1 Å². The van der Waals surface area contributed by atoms with E-state index in [-0.39, 0.29) is 5.78 Å². The third kappa shape index (κ3) is 5.65. The number of hydrogen-bond donors (Lipinski definition) is 0. The van der Waals surface area contributed by atoms with Crippen molar-refractivity contribution >= 4 is 29.1 Å². The Morgan fingerprint density at radius 2 is 1.45 bits per heavy atom. The third-order valence-corrected chi connectivity index (χ3v) is 8.24. The number of aryl methyl sites for hydroxylation is 1. The van der Waals surface area contributed by atoms with Crippen molar-refractivity contribution in [3.05, 3.63) is 124 Å². The lowest BCUT2D eigenvalue weighted by Crippen LogP contribution is -2.06. The van der Waals surface area contributed by atoms with Crippen LogP contribution in [0.3, 0.4) is 0 Å². The Morgan fingerprint density at radius 3 is 2.00 bits per heavy atom. The fourth-order valence-corrected chi connectivity index (χ4v) is 6.13. The third-order valence-electron chi connectivity index (χ3n) is 7.21. The lowest BCUT2D eigenvalue weighted by molar-refractivity contribution is 0.103. The molecular weight excluding hydrogens is 566 g/mol. The molecule has 214 valence electrons. The summed E-state index contributed by atoms with van der Waals surface area (Å²) >= 11 is 7.86. The maximum atomic E-state index is 14.7. The van der Waals surface area contributed by atoms with Gasteiger partial charge in [-0.2, -0.15) is 0 Å². The van der Waals surface area contributed by atoms with Crippen LogP contribution in [-0.2, 0) is 6.42 Å². The Morgan fingerprint density at radius 1 is 0.833 bits per heavy atom. The Balaban J connectivity index is 1.85. The minimum Gasteiger partial charge on any atom is -0.493 e. The van der Waals surface area contributed by atoms with E-state index in [1.807, 2.05) is 48.7 Å². The number of carbonyl (C=O) groups excluding carboxylic acids is 1. The quantitative estimate of drug-likeness (QED) is 0.119. The number of ketones is 1. The van der Waals surface area contributed by atoms with Crippen LogP contribution in [0.4, 0.5) is 0 Å². The molecule has 5 aromatic rings. The topological polar surface area (TPSA) is 49.7 Å². The van der Waals surface area contributed by atoms with Crippen molar-refractivity contribution < 1.29 is 19.0 Å². The van der Waals surface area contributed by atoms with Gasteiger partial charge in [0.05, 0.1) is 31.9 Å². The molecule has 42 heavy (non-hydrogen) atoms. The zero-order valence-electron chi connectivity index (χ0n) is 24.2. The molecule has 1 aromatic heterocycles. The maximum Gasteiger partial charge on any atom is 0.203 e.